The third-order valence-corrected chi connectivity index (χ3v) is 4.30. The smallest absolute Gasteiger partial charge is 0.0991 e. The third kappa shape index (κ3) is 3.32. The Bertz CT molecular complexity index is 663. The Morgan fingerprint density at radius 3 is 2.71 bits per heavy atom. The summed E-state index contributed by atoms with van der Waals surface area (Å²) in [6, 6.07) is 19.5. The number of nitrogens with one attached hydrogen (secondary N) is 1. The highest BCUT2D eigenvalue weighted by atomic mass is 14.9. The molecule has 2 aromatic rings. The van der Waals surface area contributed by atoms with Crippen molar-refractivity contribution in [3.05, 3.63) is 70.8 Å². The minimum atomic E-state index is 0.598. The first-order valence-corrected chi connectivity index (χ1v) is 7.53. The second-order valence-electron chi connectivity index (χ2n) is 5.97. The van der Waals surface area contributed by atoms with Crippen molar-refractivity contribution in [3.63, 3.8) is 0 Å². The molecule has 0 radical (unpaired) electrons. The molecule has 21 heavy (non-hydrogen) atoms. The minimum absolute atomic E-state index is 0.598. The number of nitrogens with zero attached hydrogens (tertiary/aromatic N) is 1. The molecule has 106 valence electrons. The first kappa shape index (κ1) is 13.9. The van der Waals surface area contributed by atoms with E-state index in [0.717, 1.165) is 12.1 Å². The molecule has 0 amide bonds. The molecule has 2 aromatic carbocycles. The van der Waals surface area contributed by atoms with E-state index in [9.17, 15) is 0 Å². The SMILES string of the molecule is Cc1cccc(C2CC(NCc3cccc(C#N)c3)C2)c1. The zero-order chi connectivity index (χ0) is 14.7. The van der Waals surface area contributed by atoms with Gasteiger partial charge in [-0.3, -0.25) is 0 Å². The van der Waals surface area contributed by atoms with Gasteiger partial charge in [0.05, 0.1) is 11.6 Å². The van der Waals surface area contributed by atoms with Crippen LogP contribution in [0.5, 0.6) is 0 Å². The van der Waals surface area contributed by atoms with Crippen molar-refractivity contribution in [3.8, 4) is 6.07 Å². The fourth-order valence-corrected chi connectivity index (χ4v) is 2.99. The van der Waals surface area contributed by atoms with E-state index in [1.807, 2.05) is 18.2 Å². The summed E-state index contributed by atoms with van der Waals surface area (Å²) in [5, 5.41) is 12.5. The van der Waals surface area contributed by atoms with Gasteiger partial charge in [-0.2, -0.15) is 5.26 Å². The van der Waals surface area contributed by atoms with Gasteiger partial charge in [-0.25, -0.2) is 0 Å². The molecular weight excluding hydrogens is 256 g/mol. The number of hydrogen-bond donors (Lipinski definition) is 1. The maximum Gasteiger partial charge on any atom is 0.0991 e. The number of rotatable bonds is 4. The molecule has 0 atom stereocenters. The number of nitriles is 1. The Kier molecular flexibility index (Phi) is 4.03. The van der Waals surface area contributed by atoms with E-state index in [1.54, 1.807) is 0 Å². The predicted octanol–water partition coefficient (Wildman–Crippen LogP) is 3.90. The van der Waals surface area contributed by atoms with E-state index in [0.29, 0.717) is 12.0 Å². The summed E-state index contributed by atoms with van der Waals surface area (Å²) >= 11 is 0. The lowest BCUT2D eigenvalue weighted by atomic mass is 9.75. The van der Waals surface area contributed by atoms with E-state index < -0.39 is 0 Å². The molecule has 0 aliphatic heterocycles. The van der Waals surface area contributed by atoms with Crippen molar-refractivity contribution < 1.29 is 0 Å². The highest BCUT2D eigenvalue weighted by Crippen LogP contribution is 2.37. The molecule has 1 saturated carbocycles. The average molecular weight is 276 g/mol. The largest absolute Gasteiger partial charge is 0.310 e. The Hall–Kier alpha value is -2.11. The van der Waals surface area contributed by atoms with Gasteiger partial charge in [-0.1, -0.05) is 42.0 Å². The lowest BCUT2D eigenvalue weighted by molar-refractivity contribution is 0.289. The quantitative estimate of drug-likeness (QED) is 0.919. The molecule has 1 aliphatic carbocycles. The lowest BCUT2D eigenvalue weighted by Crippen LogP contribution is -2.39. The molecule has 0 heterocycles. The number of hydrogen-bond acceptors (Lipinski definition) is 2. The summed E-state index contributed by atoms with van der Waals surface area (Å²) in [7, 11) is 0. The molecule has 1 aliphatic rings. The fourth-order valence-electron chi connectivity index (χ4n) is 2.99. The second kappa shape index (κ2) is 6.11. The Balaban J connectivity index is 1.50. The number of aryl methyl sites for hydroxylation is 1. The van der Waals surface area contributed by atoms with Gasteiger partial charge in [0.2, 0.25) is 0 Å². The lowest BCUT2D eigenvalue weighted by Gasteiger charge is -2.36. The van der Waals surface area contributed by atoms with Crippen molar-refractivity contribution in [1.82, 2.24) is 5.32 Å². The second-order valence-corrected chi connectivity index (χ2v) is 5.97. The molecule has 0 bridgehead atoms. The molecule has 0 saturated heterocycles. The summed E-state index contributed by atoms with van der Waals surface area (Å²) < 4.78 is 0. The van der Waals surface area contributed by atoms with Crippen LogP contribution >= 0.6 is 0 Å². The zero-order valence-electron chi connectivity index (χ0n) is 12.3. The number of benzene rings is 2. The molecule has 1 fully saturated rings. The van der Waals surface area contributed by atoms with Crippen LogP contribution < -0.4 is 5.32 Å². The van der Waals surface area contributed by atoms with Crippen LogP contribution in [-0.2, 0) is 6.54 Å². The maximum atomic E-state index is 8.91. The Labute approximate surface area is 126 Å². The first-order valence-electron chi connectivity index (χ1n) is 7.53. The summed E-state index contributed by atoms with van der Waals surface area (Å²) in [4.78, 5) is 0. The molecule has 2 heteroatoms. The monoisotopic (exact) mass is 276 g/mol. The summed E-state index contributed by atoms with van der Waals surface area (Å²) in [5.41, 5.74) is 4.74. The molecule has 0 unspecified atom stereocenters. The van der Waals surface area contributed by atoms with Crippen molar-refractivity contribution >= 4 is 0 Å². The summed E-state index contributed by atoms with van der Waals surface area (Å²) in [6.45, 7) is 3.00. The van der Waals surface area contributed by atoms with E-state index in [-0.39, 0.29) is 0 Å². The van der Waals surface area contributed by atoms with Crippen molar-refractivity contribution in [2.45, 2.75) is 38.3 Å². The van der Waals surface area contributed by atoms with Gasteiger partial charge in [-0.15, -0.1) is 0 Å². The van der Waals surface area contributed by atoms with Crippen LogP contribution in [0.1, 0.15) is 41.0 Å². The summed E-state index contributed by atoms with van der Waals surface area (Å²) in [5.74, 6) is 0.702. The van der Waals surface area contributed by atoms with Gasteiger partial charge in [0.1, 0.15) is 0 Å². The van der Waals surface area contributed by atoms with Crippen LogP contribution in [0.3, 0.4) is 0 Å². The van der Waals surface area contributed by atoms with Crippen LogP contribution in [0.4, 0.5) is 0 Å². The van der Waals surface area contributed by atoms with Gasteiger partial charge in [0, 0.05) is 12.6 Å². The van der Waals surface area contributed by atoms with Gasteiger partial charge < -0.3 is 5.32 Å². The zero-order valence-corrected chi connectivity index (χ0v) is 12.3. The molecule has 0 spiro atoms. The van der Waals surface area contributed by atoms with E-state index >= 15 is 0 Å². The van der Waals surface area contributed by atoms with Crippen LogP contribution in [0.25, 0.3) is 0 Å². The molecule has 3 rings (SSSR count). The standard InChI is InChI=1S/C19H20N2/c1-14-4-2-7-17(8-14)18-10-19(11-18)21-13-16-6-3-5-15(9-16)12-20/h2-9,18-19,21H,10-11,13H2,1H3. The van der Waals surface area contributed by atoms with Crippen molar-refractivity contribution in [1.29, 1.82) is 5.26 Å². The van der Waals surface area contributed by atoms with Crippen LogP contribution in [0.2, 0.25) is 0 Å². The minimum Gasteiger partial charge on any atom is -0.310 e. The summed E-state index contributed by atoms with van der Waals surface area (Å²) in [6.07, 6.45) is 2.42. The van der Waals surface area contributed by atoms with E-state index in [2.05, 4.69) is 48.6 Å². The van der Waals surface area contributed by atoms with Crippen LogP contribution in [0, 0.1) is 18.3 Å². The normalized spacial score (nSPS) is 20.6. The van der Waals surface area contributed by atoms with E-state index in [1.165, 1.54) is 29.5 Å². The van der Waals surface area contributed by atoms with Crippen molar-refractivity contribution in [2.75, 3.05) is 0 Å². The third-order valence-electron chi connectivity index (χ3n) is 4.30. The highest BCUT2D eigenvalue weighted by molar-refractivity contribution is 5.33. The fraction of sp³-hybridized carbons (Fsp3) is 0.316. The highest BCUT2D eigenvalue weighted by Gasteiger charge is 2.29. The molecule has 1 N–H and O–H groups in total. The molecular formula is C19H20N2. The topological polar surface area (TPSA) is 35.8 Å². The van der Waals surface area contributed by atoms with Gasteiger partial charge in [0.25, 0.3) is 0 Å². The maximum absolute atomic E-state index is 8.91. The average Bonchev–Trinajstić information content (AvgIpc) is 2.46. The van der Waals surface area contributed by atoms with Crippen LogP contribution in [0.15, 0.2) is 48.5 Å². The predicted molar refractivity (Wildman–Crippen MR) is 84.9 cm³/mol. The Morgan fingerprint density at radius 2 is 1.95 bits per heavy atom. The molecule has 0 aromatic heterocycles. The van der Waals surface area contributed by atoms with Crippen molar-refractivity contribution in [2.24, 2.45) is 0 Å². The van der Waals surface area contributed by atoms with Gasteiger partial charge in [0.15, 0.2) is 0 Å². The van der Waals surface area contributed by atoms with Gasteiger partial charge in [-0.05, 0) is 48.9 Å². The Morgan fingerprint density at radius 1 is 1.14 bits per heavy atom. The van der Waals surface area contributed by atoms with E-state index in [4.69, 9.17) is 5.26 Å². The van der Waals surface area contributed by atoms with Crippen LogP contribution in [-0.4, -0.2) is 6.04 Å². The first-order chi connectivity index (χ1) is 10.2. The van der Waals surface area contributed by atoms with Gasteiger partial charge >= 0.3 is 0 Å². The molecule has 2 nitrogen and oxygen atoms in total.